The number of anilines is 1. The Morgan fingerprint density at radius 2 is 1.79 bits per heavy atom. The number of rotatable bonds is 6. The molecule has 2 aliphatic heterocycles. The molecule has 0 radical (unpaired) electrons. The van der Waals surface area contributed by atoms with Gasteiger partial charge in [-0.2, -0.15) is 5.10 Å². The smallest absolute Gasteiger partial charge is 0.264 e. The molecule has 3 aliphatic rings. The molecule has 3 heterocycles. The largest absolute Gasteiger partial charge is 0.380 e. The van der Waals surface area contributed by atoms with Crippen molar-refractivity contribution in [3.05, 3.63) is 47.3 Å². The van der Waals surface area contributed by atoms with Crippen LogP contribution in [0.15, 0.2) is 30.6 Å². The summed E-state index contributed by atoms with van der Waals surface area (Å²) in [5.74, 6) is -1.98. The summed E-state index contributed by atoms with van der Waals surface area (Å²) in [5, 5.41) is 13.1. The number of hydrogen-bond donors (Lipinski definition) is 3. The van der Waals surface area contributed by atoms with Crippen LogP contribution in [-0.4, -0.2) is 55.8 Å². The maximum Gasteiger partial charge on any atom is 0.264 e. The summed E-state index contributed by atoms with van der Waals surface area (Å²) >= 11 is 0. The zero-order valence-corrected chi connectivity index (χ0v) is 22.5. The normalized spacial score (nSPS) is 23.5. The van der Waals surface area contributed by atoms with Crippen molar-refractivity contribution in [3.63, 3.8) is 0 Å². The summed E-state index contributed by atoms with van der Waals surface area (Å²) in [6.45, 7) is 6.35. The van der Waals surface area contributed by atoms with Crippen molar-refractivity contribution < 1.29 is 24.0 Å². The SMILES string of the molecule is CC(C)(C)NC(=O)[C@H]1CC[C@H](n2cc(CNc3cccc4c3C(=O)N(C3CCC(=O)NC3=O)C4=O)cn2)CC1. The maximum absolute atomic E-state index is 13.3. The number of hydrogen-bond acceptors (Lipinski definition) is 7. The molecule has 1 saturated carbocycles. The third-order valence-corrected chi connectivity index (χ3v) is 7.55. The molecule has 5 rings (SSSR count). The first-order chi connectivity index (χ1) is 18.5. The average Bonchev–Trinajstić information content (AvgIpc) is 3.45. The molecule has 39 heavy (non-hydrogen) atoms. The van der Waals surface area contributed by atoms with Crippen molar-refractivity contribution in [1.82, 2.24) is 25.3 Å². The Morgan fingerprint density at radius 3 is 2.49 bits per heavy atom. The molecule has 0 bridgehead atoms. The molecular formula is C28H34N6O5. The van der Waals surface area contributed by atoms with E-state index in [2.05, 4.69) is 21.0 Å². The summed E-state index contributed by atoms with van der Waals surface area (Å²) in [4.78, 5) is 63.7. The molecule has 1 saturated heterocycles. The second kappa shape index (κ2) is 10.3. The summed E-state index contributed by atoms with van der Waals surface area (Å²) in [5.41, 5.74) is 1.64. The minimum Gasteiger partial charge on any atom is -0.380 e. The standard InChI is InChI=1S/C28H34N6O5/c1-28(2,3)32-24(36)17-7-9-18(10-8-17)33-15-16(14-30-33)13-29-20-6-4-5-19-23(20)27(39)34(26(19)38)21-11-12-22(35)31-25(21)37/h4-6,14-15,17-18,21,29H,7-13H2,1-3H3,(H,32,36)(H,31,35,37)/t17-,18-,21?. The lowest BCUT2D eigenvalue weighted by molar-refractivity contribution is -0.136. The van der Waals surface area contributed by atoms with Gasteiger partial charge in [0.25, 0.3) is 11.8 Å². The molecule has 0 spiro atoms. The van der Waals surface area contributed by atoms with E-state index in [-0.39, 0.29) is 47.4 Å². The molecule has 1 unspecified atom stereocenters. The first-order valence-corrected chi connectivity index (χ1v) is 13.5. The number of imide groups is 2. The third kappa shape index (κ3) is 5.43. The van der Waals surface area contributed by atoms with E-state index in [1.54, 1.807) is 24.4 Å². The van der Waals surface area contributed by atoms with E-state index in [9.17, 15) is 24.0 Å². The second-order valence-electron chi connectivity index (χ2n) is 11.6. The molecule has 11 nitrogen and oxygen atoms in total. The summed E-state index contributed by atoms with van der Waals surface area (Å²) in [7, 11) is 0. The Hall–Kier alpha value is -4.02. The molecule has 1 atom stereocenters. The Labute approximate surface area is 226 Å². The number of fused-ring (bicyclic) bond motifs is 1. The van der Waals surface area contributed by atoms with E-state index in [0.717, 1.165) is 36.1 Å². The quantitative estimate of drug-likeness (QED) is 0.484. The summed E-state index contributed by atoms with van der Waals surface area (Å²) < 4.78 is 1.95. The third-order valence-electron chi connectivity index (χ3n) is 7.55. The number of aromatic nitrogens is 2. The first kappa shape index (κ1) is 26.6. The van der Waals surface area contributed by atoms with Gasteiger partial charge in [-0.25, -0.2) is 0 Å². The lowest BCUT2D eigenvalue weighted by Crippen LogP contribution is -2.54. The Balaban J connectivity index is 1.21. The van der Waals surface area contributed by atoms with Crippen LogP contribution in [0.5, 0.6) is 0 Å². The number of nitrogens with zero attached hydrogens (tertiary/aromatic N) is 3. The van der Waals surface area contributed by atoms with Crippen LogP contribution in [0, 0.1) is 5.92 Å². The van der Waals surface area contributed by atoms with Crippen molar-refractivity contribution >= 4 is 35.2 Å². The van der Waals surface area contributed by atoms with Crippen LogP contribution in [0.25, 0.3) is 0 Å². The van der Waals surface area contributed by atoms with E-state index >= 15 is 0 Å². The lowest BCUT2D eigenvalue weighted by atomic mass is 9.85. The Morgan fingerprint density at radius 1 is 1.05 bits per heavy atom. The van der Waals surface area contributed by atoms with Gasteiger partial charge in [0.05, 0.1) is 23.4 Å². The van der Waals surface area contributed by atoms with Gasteiger partial charge in [-0.1, -0.05) is 6.07 Å². The van der Waals surface area contributed by atoms with E-state index in [1.165, 1.54) is 0 Å². The van der Waals surface area contributed by atoms with Crippen molar-refractivity contribution in [3.8, 4) is 0 Å². The van der Waals surface area contributed by atoms with Gasteiger partial charge >= 0.3 is 0 Å². The van der Waals surface area contributed by atoms with Crippen molar-refractivity contribution in [2.75, 3.05) is 5.32 Å². The van der Waals surface area contributed by atoms with Gasteiger partial charge in [-0.3, -0.25) is 38.9 Å². The van der Waals surface area contributed by atoms with E-state index < -0.39 is 29.7 Å². The molecule has 5 amide bonds. The number of piperidine rings is 1. The summed E-state index contributed by atoms with van der Waals surface area (Å²) in [6.07, 6.45) is 7.31. The molecule has 2 fully saturated rings. The zero-order valence-electron chi connectivity index (χ0n) is 22.5. The van der Waals surface area contributed by atoms with Gasteiger partial charge < -0.3 is 10.6 Å². The highest BCUT2D eigenvalue weighted by atomic mass is 16.2. The molecule has 3 N–H and O–H groups in total. The lowest BCUT2D eigenvalue weighted by Gasteiger charge is -2.30. The van der Waals surface area contributed by atoms with Crippen molar-refractivity contribution in [2.24, 2.45) is 5.92 Å². The number of nitrogens with one attached hydrogen (secondary N) is 3. The van der Waals surface area contributed by atoms with Gasteiger partial charge in [0, 0.05) is 41.9 Å². The Kier molecular flexibility index (Phi) is 7.00. The van der Waals surface area contributed by atoms with E-state index in [0.29, 0.717) is 12.2 Å². The van der Waals surface area contributed by atoms with Crippen LogP contribution in [0.4, 0.5) is 5.69 Å². The monoisotopic (exact) mass is 534 g/mol. The van der Waals surface area contributed by atoms with Gasteiger partial charge in [-0.05, 0) is 65.0 Å². The predicted molar refractivity (Wildman–Crippen MR) is 142 cm³/mol. The fraction of sp³-hybridized carbons (Fsp3) is 0.500. The maximum atomic E-state index is 13.3. The number of carbonyl (C=O) groups is 5. The number of benzene rings is 1. The molecular weight excluding hydrogens is 500 g/mol. The van der Waals surface area contributed by atoms with Crippen LogP contribution < -0.4 is 16.0 Å². The highest BCUT2D eigenvalue weighted by Crippen LogP contribution is 2.34. The molecule has 11 heteroatoms. The van der Waals surface area contributed by atoms with Crippen molar-refractivity contribution in [1.29, 1.82) is 0 Å². The van der Waals surface area contributed by atoms with Gasteiger partial charge in [0.15, 0.2) is 0 Å². The van der Waals surface area contributed by atoms with Crippen LogP contribution in [0.3, 0.4) is 0 Å². The molecule has 1 aliphatic carbocycles. The molecule has 1 aromatic carbocycles. The minimum absolute atomic E-state index is 0.0253. The fourth-order valence-corrected chi connectivity index (χ4v) is 5.60. The van der Waals surface area contributed by atoms with Crippen LogP contribution >= 0.6 is 0 Å². The van der Waals surface area contributed by atoms with Crippen LogP contribution in [-0.2, 0) is 20.9 Å². The molecule has 2 aromatic rings. The van der Waals surface area contributed by atoms with Gasteiger partial charge in [0.1, 0.15) is 6.04 Å². The van der Waals surface area contributed by atoms with Gasteiger partial charge in [-0.15, -0.1) is 0 Å². The average molecular weight is 535 g/mol. The van der Waals surface area contributed by atoms with E-state index in [1.807, 2.05) is 31.6 Å². The van der Waals surface area contributed by atoms with Crippen LogP contribution in [0.1, 0.15) is 91.6 Å². The highest BCUT2D eigenvalue weighted by Gasteiger charge is 2.45. The zero-order chi connectivity index (χ0) is 27.9. The second-order valence-corrected chi connectivity index (χ2v) is 11.6. The Bertz CT molecular complexity index is 1330. The van der Waals surface area contributed by atoms with Gasteiger partial charge in [0.2, 0.25) is 17.7 Å². The van der Waals surface area contributed by atoms with E-state index in [4.69, 9.17) is 0 Å². The predicted octanol–water partition coefficient (Wildman–Crippen LogP) is 2.54. The topological polar surface area (TPSA) is 142 Å². The molecule has 206 valence electrons. The minimum atomic E-state index is -1.00. The molecule has 1 aromatic heterocycles. The van der Waals surface area contributed by atoms with Crippen molar-refractivity contribution in [2.45, 2.75) is 83.5 Å². The number of amides is 5. The fourth-order valence-electron chi connectivity index (χ4n) is 5.60. The first-order valence-electron chi connectivity index (χ1n) is 13.5. The van der Waals surface area contributed by atoms with Crippen LogP contribution in [0.2, 0.25) is 0 Å². The highest BCUT2D eigenvalue weighted by molar-refractivity contribution is 6.25. The summed E-state index contributed by atoms with van der Waals surface area (Å²) in [6, 6.07) is 4.21. The number of carbonyl (C=O) groups excluding carboxylic acids is 5.